The first-order valence-electron chi connectivity index (χ1n) is 5.50. The van der Waals surface area contributed by atoms with Crippen molar-refractivity contribution in [3.63, 3.8) is 0 Å². The lowest BCUT2D eigenvalue weighted by molar-refractivity contribution is 0.275. The SMILES string of the molecule is Cc1cccc2c1OCC(CCCN)N2. The third-order valence-electron chi connectivity index (χ3n) is 2.76. The Morgan fingerprint density at radius 1 is 1.53 bits per heavy atom. The Labute approximate surface area is 90.6 Å². The van der Waals surface area contributed by atoms with E-state index in [4.69, 9.17) is 10.5 Å². The van der Waals surface area contributed by atoms with Crippen LogP contribution in [0.3, 0.4) is 0 Å². The van der Waals surface area contributed by atoms with Crippen molar-refractivity contribution < 1.29 is 4.74 Å². The zero-order chi connectivity index (χ0) is 10.7. The predicted molar refractivity (Wildman–Crippen MR) is 62.4 cm³/mol. The molecule has 0 amide bonds. The summed E-state index contributed by atoms with van der Waals surface area (Å²) in [6.45, 7) is 3.57. The van der Waals surface area contributed by atoms with Crippen molar-refractivity contribution in [1.82, 2.24) is 0 Å². The smallest absolute Gasteiger partial charge is 0.145 e. The number of fused-ring (bicyclic) bond motifs is 1. The summed E-state index contributed by atoms with van der Waals surface area (Å²) < 4.78 is 5.76. The van der Waals surface area contributed by atoms with Gasteiger partial charge >= 0.3 is 0 Å². The number of benzene rings is 1. The van der Waals surface area contributed by atoms with Gasteiger partial charge in [-0.1, -0.05) is 12.1 Å². The fourth-order valence-electron chi connectivity index (χ4n) is 1.92. The minimum atomic E-state index is 0.405. The van der Waals surface area contributed by atoms with E-state index in [0.29, 0.717) is 6.04 Å². The molecule has 1 aliphatic rings. The van der Waals surface area contributed by atoms with Crippen LogP contribution < -0.4 is 15.8 Å². The van der Waals surface area contributed by atoms with Crippen LogP contribution in [-0.4, -0.2) is 19.2 Å². The van der Waals surface area contributed by atoms with Gasteiger partial charge in [0, 0.05) is 0 Å². The van der Waals surface area contributed by atoms with Crippen LogP contribution in [0.4, 0.5) is 5.69 Å². The zero-order valence-corrected chi connectivity index (χ0v) is 9.12. The van der Waals surface area contributed by atoms with E-state index in [2.05, 4.69) is 30.4 Å². The van der Waals surface area contributed by atoms with Crippen LogP contribution in [0.1, 0.15) is 18.4 Å². The minimum Gasteiger partial charge on any atom is -0.489 e. The van der Waals surface area contributed by atoms with E-state index in [1.807, 2.05) is 0 Å². The molecule has 1 aromatic rings. The molecule has 2 rings (SSSR count). The molecular weight excluding hydrogens is 188 g/mol. The highest BCUT2D eigenvalue weighted by Crippen LogP contribution is 2.32. The second-order valence-corrected chi connectivity index (χ2v) is 4.03. The van der Waals surface area contributed by atoms with Crippen molar-refractivity contribution in [3.05, 3.63) is 23.8 Å². The molecule has 0 aromatic heterocycles. The van der Waals surface area contributed by atoms with Gasteiger partial charge in [-0.3, -0.25) is 0 Å². The van der Waals surface area contributed by atoms with Crippen LogP contribution in [-0.2, 0) is 0 Å². The van der Waals surface area contributed by atoms with Crippen LogP contribution in [0.15, 0.2) is 18.2 Å². The first-order valence-corrected chi connectivity index (χ1v) is 5.50. The molecule has 0 saturated carbocycles. The molecule has 0 saturated heterocycles. The topological polar surface area (TPSA) is 47.3 Å². The van der Waals surface area contributed by atoms with Gasteiger partial charge in [-0.25, -0.2) is 0 Å². The maximum absolute atomic E-state index is 5.76. The molecule has 0 radical (unpaired) electrons. The number of hydrogen-bond acceptors (Lipinski definition) is 3. The van der Waals surface area contributed by atoms with E-state index >= 15 is 0 Å². The Morgan fingerprint density at radius 2 is 2.40 bits per heavy atom. The summed E-state index contributed by atoms with van der Waals surface area (Å²) >= 11 is 0. The number of rotatable bonds is 3. The number of anilines is 1. The number of ether oxygens (including phenoxy) is 1. The highest BCUT2D eigenvalue weighted by atomic mass is 16.5. The maximum Gasteiger partial charge on any atom is 0.145 e. The monoisotopic (exact) mass is 206 g/mol. The molecule has 3 heteroatoms. The van der Waals surface area contributed by atoms with Gasteiger partial charge in [0.2, 0.25) is 0 Å². The Balaban J connectivity index is 2.07. The summed E-state index contributed by atoms with van der Waals surface area (Å²) in [4.78, 5) is 0. The minimum absolute atomic E-state index is 0.405. The fourth-order valence-corrected chi connectivity index (χ4v) is 1.92. The third kappa shape index (κ3) is 2.23. The molecule has 0 aliphatic carbocycles. The number of hydrogen-bond donors (Lipinski definition) is 2. The summed E-state index contributed by atoms with van der Waals surface area (Å²) in [6, 6.07) is 6.59. The molecule has 1 heterocycles. The van der Waals surface area contributed by atoms with Gasteiger partial charge < -0.3 is 15.8 Å². The first-order chi connectivity index (χ1) is 7.31. The van der Waals surface area contributed by atoms with Crippen molar-refractivity contribution in [3.8, 4) is 5.75 Å². The van der Waals surface area contributed by atoms with E-state index in [9.17, 15) is 0 Å². The van der Waals surface area contributed by atoms with Gasteiger partial charge in [0.15, 0.2) is 0 Å². The van der Waals surface area contributed by atoms with Gasteiger partial charge in [0.25, 0.3) is 0 Å². The largest absolute Gasteiger partial charge is 0.489 e. The van der Waals surface area contributed by atoms with Gasteiger partial charge in [-0.2, -0.15) is 0 Å². The zero-order valence-electron chi connectivity index (χ0n) is 9.12. The van der Waals surface area contributed by atoms with Gasteiger partial charge in [-0.15, -0.1) is 0 Å². The average Bonchev–Trinajstić information content (AvgIpc) is 2.26. The lowest BCUT2D eigenvalue weighted by Gasteiger charge is -2.28. The van der Waals surface area contributed by atoms with Crippen LogP contribution in [0.5, 0.6) is 5.75 Å². The second kappa shape index (κ2) is 4.53. The van der Waals surface area contributed by atoms with E-state index in [-0.39, 0.29) is 0 Å². The molecule has 3 N–H and O–H groups in total. The summed E-state index contributed by atoms with van der Waals surface area (Å²) in [5.41, 5.74) is 7.80. The van der Waals surface area contributed by atoms with E-state index < -0.39 is 0 Å². The van der Waals surface area contributed by atoms with Gasteiger partial charge in [-0.05, 0) is 37.9 Å². The van der Waals surface area contributed by atoms with Crippen molar-refractivity contribution >= 4 is 5.69 Å². The Morgan fingerprint density at radius 3 is 3.20 bits per heavy atom. The van der Waals surface area contributed by atoms with E-state index in [1.54, 1.807) is 0 Å². The second-order valence-electron chi connectivity index (χ2n) is 4.03. The van der Waals surface area contributed by atoms with Crippen LogP contribution in [0.25, 0.3) is 0 Å². The molecule has 1 aliphatic heterocycles. The van der Waals surface area contributed by atoms with Crippen molar-refractivity contribution in [2.24, 2.45) is 5.73 Å². The summed E-state index contributed by atoms with van der Waals surface area (Å²) in [6.07, 6.45) is 2.12. The highest BCUT2D eigenvalue weighted by molar-refractivity contribution is 5.61. The lowest BCUT2D eigenvalue weighted by Crippen LogP contribution is -2.32. The molecule has 3 nitrogen and oxygen atoms in total. The number of nitrogens with two attached hydrogens (primary N) is 1. The summed E-state index contributed by atoms with van der Waals surface area (Å²) in [7, 11) is 0. The van der Waals surface area contributed by atoms with Crippen molar-refractivity contribution in [2.75, 3.05) is 18.5 Å². The quantitative estimate of drug-likeness (QED) is 0.794. The number of aryl methyl sites for hydroxylation is 1. The molecule has 0 fully saturated rings. The Hall–Kier alpha value is -1.22. The highest BCUT2D eigenvalue weighted by Gasteiger charge is 2.19. The third-order valence-corrected chi connectivity index (χ3v) is 2.76. The average molecular weight is 206 g/mol. The van der Waals surface area contributed by atoms with E-state index in [0.717, 1.165) is 37.4 Å². The number of nitrogens with one attached hydrogen (secondary N) is 1. The van der Waals surface area contributed by atoms with Gasteiger partial charge in [0.05, 0.1) is 11.7 Å². The molecule has 0 spiro atoms. The van der Waals surface area contributed by atoms with Crippen LogP contribution >= 0.6 is 0 Å². The molecule has 1 unspecified atom stereocenters. The molecule has 15 heavy (non-hydrogen) atoms. The first kappa shape index (κ1) is 10.3. The standard InChI is InChI=1S/C12H18N2O/c1-9-4-2-6-11-12(9)15-8-10(14-11)5-3-7-13/h2,4,6,10,14H,3,5,7-8,13H2,1H3. The van der Waals surface area contributed by atoms with Crippen molar-refractivity contribution in [2.45, 2.75) is 25.8 Å². The normalized spacial score (nSPS) is 18.9. The molecule has 1 aromatic carbocycles. The van der Waals surface area contributed by atoms with E-state index in [1.165, 1.54) is 5.56 Å². The molecule has 1 atom stereocenters. The Kier molecular flexibility index (Phi) is 3.11. The van der Waals surface area contributed by atoms with Crippen molar-refractivity contribution in [1.29, 1.82) is 0 Å². The Bertz CT molecular complexity index is 338. The van der Waals surface area contributed by atoms with Crippen LogP contribution in [0.2, 0.25) is 0 Å². The number of para-hydroxylation sites is 1. The fraction of sp³-hybridized carbons (Fsp3) is 0.500. The predicted octanol–water partition coefficient (Wildman–Crippen LogP) is 1.91. The maximum atomic E-state index is 5.76. The summed E-state index contributed by atoms with van der Waals surface area (Å²) in [5, 5.41) is 3.49. The summed E-state index contributed by atoms with van der Waals surface area (Å²) in [5.74, 6) is 1.00. The molecule has 82 valence electrons. The molecule has 0 bridgehead atoms. The lowest BCUT2D eigenvalue weighted by atomic mass is 10.1. The van der Waals surface area contributed by atoms with Crippen LogP contribution in [0, 0.1) is 6.92 Å². The van der Waals surface area contributed by atoms with Gasteiger partial charge in [0.1, 0.15) is 12.4 Å². The molecular formula is C12H18N2O.